The fourth-order valence-electron chi connectivity index (χ4n) is 2.07. The number of hydrogen-bond donors (Lipinski definition) is 1. The molecule has 0 radical (unpaired) electrons. The topological polar surface area (TPSA) is 71.4 Å². The van der Waals surface area contributed by atoms with E-state index in [-0.39, 0.29) is 18.0 Å². The van der Waals surface area contributed by atoms with Gasteiger partial charge in [-0.05, 0) is 24.5 Å². The lowest BCUT2D eigenvalue weighted by molar-refractivity contribution is -0.136. The Bertz CT molecular complexity index is 517. The van der Waals surface area contributed by atoms with Crippen LogP contribution in [0, 0.1) is 0 Å². The first kappa shape index (κ1) is 16.1. The average molecular weight is 276 g/mol. The van der Waals surface area contributed by atoms with Crippen molar-refractivity contribution in [3.05, 3.63) is 34.9 Å². The van der Waals surface area contributed by atoms with E-state index in [1.807, 2.05) is 13.8 Å². The number of benzene rings is 1. The van der Waals surface area contributed by atoms with Crippen molar-refractivity contribution in [3.8, 4) is 0 Å². The third kappa shape index (κ3) is 4.30. The molecular formula is C16H20O4. The predicted octanol–water partition coefficient (Wildman–Crippen LogP) is 3.28. The van der Waals surface area contributed by atoms with Gasteiger partial charge in [-0.25, -0.2) is 0 Å². The smallest absolute Gasteiger partial charge is 0.307 e. The number of aliphatic carboxylic acids is 1. The lowest BCUT2D eigenvalue weighted by Gasteiger charge is -2.09. The molecule has 0 saturated heterocycles. The van der Waals surface area contributed by atoms with Crippen LogP contribution in [0.15, 0.2) is 18.2 Å². The quantitative estimate of drug-likeness (QED) is 0.740. The van der Waals surface area contributed by atoms with Crippen molar-refractivity contribution < 1.29 is 19.5 Å². The highest BCUT2D eigenvalue weighted by Gasteiger charge is 2.17. The van der Waals surface area contributed by atoms with Gasteiger partial charge in [0.05, 0.1) is 6.42 Å². The fraction of sp³-hybridized carbons (Fsp3) is 0.438. The molecule has 0 amide bonds. The van der Waals surface area contributed by atoms with Crippen molar-refractivity contribution in [1.82, 2.24) is 0 Å². The lowest BCUT2D eigenvalue weighted by atomic mass is 9.93. The number of rotatable bonds is 8. The summed E-state index contributed by atoms with van der Waals surface area (Å²) in [6, 6.07) is 4.74. The van der Waals surface area contributed by atoms with Gasteiger partial charge in [-0.3, -0.25) is 14.4 Å². The van der Waals surface area contributed by atoms with Crippen LogP contribution in [0.5, 0.6) is 0 Å². The van der Waals surface area contributed by atoms with Crippen molar-refractivity contribution in [2.24, 2.45) is 0 Å². The Morgan fingerprint density at radius 3 is 2.00 bits per heavy atom. The molecule has 4 nitrogen and oxygen atoms in total. The third-order valence-electron chi connectivity index (χ3n) is 2.99. The van der Waals surface area contributed by atoms with Crippen LogP contribution in [0.2, 0.25) is 0 Å². The second-order valence-corrected chi connectivity index (χ2v) is 4.80. The van der Waals surface area contributed by atoms with Crippen LogP contribution in [-0.2, 0) is 11.2 Å². The van der Waals surface area contributed by atoms with Gasteiger partial charge >= 0.3 is 5.97 Å². The summed E-state index contributed by atoms with van der Waals surface area (Å²) in [5.74, 6) is -1.11. The van der Waals surface area contributed by atoms with Crippen molar-refractivity contribution in [3.63, 3.8) is 0 Å². The highest BCUT2D eigenvalue weighted by Crippen LogP contribution is 2.18. The van der Waals surface area contributed by atoms with Crippen LogP contribution in [0.4, 0.5) is 0 Å². The standard InChI is InChI=1S/C16H20O4/c1-3-5-14(17)12-8-7-11(10-16(19)20)9-13(12)15(18)6-4-2/h7-9H,3-6,10H2,1-2H3,(H,19,20). The number of hydrogen-bond acceptors (Lipinski definition) is 3. The molecule has 0 saturated carbocycles. The average Bonchev–Trinajstić information content (AvgIpc) is 2.38. The molecule has 1 rings (SSSR count). The second kappa shape index (κ2) is 7.58. The monoisotopic (exact) mass is 276 g/mol. The van der Waals surface area contributed by atoms with Gasteiger partial charge in [0, 0.05) is 24.0 Å². The van der Waals surface area contributed by atoms with E-state index in [1.54, 1.807) is 18.2 Å². The Hall–Kier alpha value is -1.97. The zero-order valence-electron chi connectivity index (χ0n) is 11.9. The van der Waals surface area contributed by atoms with Crippen molar-refractivity contribution in [2.45, 2.75) is 46.0 Å². The van der Waals surface area contributed by atoms with Crippen LogP contribution in [0.3, 0.4) is 0 Å². The first-order valence-corrected chi connectivity index (χ1v) is 6.90. The van der Waals surface area contributed by atoms with Crippen LogP contribution < -0.4 is 0 Å². The summed E-state index contributed by atoms with van der Waals surface area (Å²) in [6.45, 7) is 3.80. The van der Waals surface area contributed by atoms with Gasteiger partial charge in [0.25, 0.3) is 0 Å². The summed E-state index contributed by atoms with van der Waals surface area (Å²) in [4.78, 5) is 34.9. The highest BCUT2D eigenvalue weighted by atomic mass is 16.4. The molecule has 108 valence electrons. The van der Waals surface area contributed by atoms with Crippen LogP contribution in [0.1, 0.15) is 65.8 Å². The van der Waals surface area contributed by atoms with Crippen molar-refractivity contribution in [2.75, 3.05) is 0 Å². The number of carbonyl (C=O) groups is 3. The third-order valence-corrected chi connectivity index (χ3v) is 2.99. The molecule has 1 aromatic carbocycles. The number of Topliss-reactive ketones (excluding diaryl/α,β-unsaturated/α-hetero) is 2. The summed E-state index contributed by atoms with van der Waals surface area (Å²) >= 11 is 0. The molecule has 0 aliphatic rings. The molecule has 0 bridgehead atoms. The zero-order valence-corrected chi connectivity index (χ0v) is 11.9. The maximum Gasteiger partial charge on any atom is 0.307 e. The van der Waals surface area contributed by atoms with E-state index in [2.05, 4.69) is 0 Å². The van der Waals surface area contributed by atoms with Crippen LogP contribution in [0.25, 0.3) is 0 Å². The molecule has 0 aromatic heterocycles. The number of carboxylic acids is 1. The van der Waals surface area contributed by atoms with E-state index in [1.165, 1.54) is 0 Å². The van der Waals surface area contributed by atoms with E-state index in [4.69, 9.17) is 5.11 Å². The molecular weight excluding hydrogens is 256 g/mol. The fourth-order valence-corrected chi connectivity index (χ4v) is 2.07. The number of carbonyl (C=O) groups excluding carboxylic acids is 2. The van der Waals surface area contributed by atoms with E-state index in [9.17, 15) is 14.4 Å². The molecule has 0 fully saturated rings. The Labute approximate surface area is 118 Å². The Morgan fingerprint density at radius 2 is 1.50 bits per heavy atom. The minimum absolute atomic E-state index is 0.0613. The van der Waals surface area contributed by atoms with E-state index in [0.29, 0.717) is 36.0 Å². The van der Waals surface area contributed by atoms with Gasteiger partial charge in [-0.1, -0.05) is 26.0 Å². The maximum atomic E-state index is 12.1. The van der Waals surface area contributed by atoms with Crippen LogP contribution >= 0.6 is 0 Å². The first-order chi connectivity index (χ1) is 9.49. The summed E-state index contributed by atoms with van der Waals surface area (Å²) in [5, 5.41) is 8.81. The normalized spacial score (nSPS) is 10.3. The maximum absolute atomic E-state index is 12.1. The van der Waals surface area contributed by atoms with Crippen LogP contribution in [-0.4, -0.2) is 22.6 Å². The largest absolute Gasteiger partial charge is 0.481 e. The van der Waals surface area contributed by atoms with E-state index >= 15 is 0 Å². The highest BCUT2D eigenvalue weighted by molar-refractivity contribution is 6.09. The SMILES string of the molecule is CCCC(=O)c1ccc(CC(=O)O)cc1C(=O)CCC. The van der Waals surface area contributed by atoms with E-state index < -0.39 is 5.97 Å². The van der Waals surface area contributed by atoms with Gasteiger partial charge < -0.3 is 5.11 Å². The molecule has 0 unspecified atom stereocenters. The molecule has 0 atom stereocenters. The Balaban J connectivity index is 3.18. The summed E-state index contributed by atoms with van der Waals surface area (Å²) in [5.41, 5.74) is 1.33. The Kier molecular flexibility index (Phi) is 6.10. The van der Waals surface area contributed by atoms with Gasteiger partial charge in [-0.15, -0.1) is 0 Å². The molecule has 0 heterocycles. The second-order valence-electron chi connectivity index (χ2n) is 4.80. The molecule has 4 heteroatoms. The van der Waals surface area contributed by atoms with Crippen molar-refractivity contribution >= 4 is 17.5 Å². The predicted molar refractivity (Wildman–Crippen MR) is 76.3 cm³/mol. The molecule has 1 N–H and O–H groups in total. The number of carboxylic acid groups (broad SMARTS) is 1. The van der Waals surface area contributed by atoms with Gasteiger partial charge in [0.1, 0.15) is 0 Å². The summed E-state index contributed by atoms with van der Waals surface area (Å²) < 4.78 is 0. The van der Waals surface area contributed by atoms with E-state index in [0.717, 1.165) is 6.42 Å². The molecule has 0 spiro atoms. The summed E-state index contributed by atoms with van der Waals surface area (Å²) in [6.07, 6.45) is 2.03. The lowest BCUT2D eigenvalue weighted by Crippen LogP contribution is -2.11. The zero-order chi connectivity index (χ0) is 15.1. The Morgan fingerprint density at radius 1 is 0.950 bits per heavy atom. The van der Waals surface area contributed by atoms with Gasteiger partial charge in [-0.2, -0.15) is 0 Å². The van der Waals surface area contributed by atoms with Gasteiger partial charge in [0.2, 0.25) is 0 Å². The summed E-state index contributed by atoms with van der Waals surface area (Å²) in [7, 11) is 0. The minimum atomic E-state index is -0.952. The van der Waals surface area contributed by atoms with Gasteiger partial charge in [0.15, 0.2) is 11.6 Å². The van der Waals surface area contributed by atoms with Crippen molar-refractivity contribution in [1.29, 1.82) is 0 Å². The minimum Gasteiger partial charge on any atom is -0.481 e. The molecule has 0 aliphatic carbocycles. The molecule has 0 aliphatic heterocycles. The molecule has 1 aromatic rings. The number of ketones is 2. The molecule has 20 heavy (non-hydrogen) atoms. The first-order valence-electron chi connectivity index (χ1n) is 6.90.